The van der Waals surface area contributed by atoms with Gasteiger partial charge in [0.15, 0.2) is 11.6 Å². The summed E-state index contributed by atoms with van der Waals surface area (Å²) in [5.74, 6) is -0.713. The molecule has 1 N–H and O–H groups in total. The first-order chi connectivity index (χ1) is 9.91. The molecule has 2 aromatic rings. The first-order valence-corrected chi connectivity index (χ1v) is 6.67. The summed E-state index contributed by atoms with van der Waals surface area (Å²) in [6.07, 6.45) is 1.37. The molecule has 1 heterocycles. The Labute approximate surface area is 122 Å². The number of ketones is 2. The third-order valence-electron chi connectivity index (χ3n) is 4.12. The Morgan fingerprint density at radius 1 is 1.10 bits per heavy atom. The van der Waals surface area contributed by atoms with Crippen LogP contribution in [0, 0.1) is 13.8 Å². The fourth-order valence-corrected chi connectivity index (χ4v) is 2.72. The van der Waals surface area contributed by atoms with E-state index in [0.717, 1.165) is 17.0 Å². The van der Waals surface area contributed by atoms with E-state index in [1.54, 1.807) is 12.1 Å². The van der Waals surface area contributed by atoms with E-state index in [4.69, 9.17) is 0 Å². The van der Waals surface area contributed by atoms with E-state index < -0.39 is 0 Å². The molecule has 1 aliphatic carbocycles. The normalized spacial score (nSPS) is 14.1. The Hall–Kier alpha value is -2.62. The molecule has 0 saturated heterocycles. The third kappa shape index (κ3) is 1.83. The lowest BCUT2D eigenvalue weighted by Gasteiger charge is -2.16. The van der Waals surface area contributed by atoms with Crippen molar-refractivity contribution in [3.8, 4) is 5.75 Å². The molecule has 1 aliphatic rings. The van der Waals surface area contributed by atoms with Crippen molar-refractivity contribution in [3.63, 3.8) is 0 Å². The number of phenolic OH excluding ortho intramolecular Hbond substituents is 1. The molecule has 0 fully saturated rings. The number of rotatable bonds is 1. The Morgan fingerprint density at radius 2 is 1.81 bits per heavy atom. The minimum absolute atomic E-state index is 0.0981. The smallest absolute Gasteiger partial charge is 0.198 e. The first-order valence-electron chi connectivity index (χ1n) is 6.67. The van der Waals surface area contributed by atoms with E-state index in [9.17, 15) is 14.7 Å². The summed E-state index contributed by atoms with van der Waals surface area (Å²) in [5, 5.41) is 9.93. The first kappa shape index (κ1) is 13.4. The number of fused-ring (bicyclic) bond motifs is 1. The van der Waals surface area contributed by atoms with Crippen molar-refractivity contribution in [2.45, 2.75) is 13.8 Å². The molecule has 0 radical (unpaired) electrons. The van der Waals surface area contributed by atoms with Crippen molar-refractivity contribution in [3.05, 3.63) is 58.4 Å². The Kier molecular flexibility index (Phi) is 2.83. The number of hydrogen-bond donors (Lipinski definition) is 1. The molecule has 3 rings (SSSR count). The van der Waals surface area contributed by atoms with E-state index >= 15 is 0 Å². The number of Topliss-reactive ketones (excluding diaryl/α,β-unsaturated/α-hetero) is 1. The van der Waals surface area contributed by atoms with E-state index in [2.05, 4.69) is 0 Å². The minimum Gasteiger partial charge on any atom is -0.507 e. The molecule has 0 bridgehead atoms. The molecule has 0 unspecified atom stereocenters. The zero-order valence-corrected chi connectivity index (χ0v) is 12.1. The number of aryl methyl sites for hydroxylation is 1. The highest BCUT2D eigenvalue weighted by atomic mass is 16.3. The van der Waals surface area contributed by atoms with E-state index in [1.165, 1.54) is 12.1 Å². The highest BCUT2D eigenvalue weighted by Gasteiger charge is 2.30. The molecule has 0 spiro atoms. The summed E-state index contributed by atoms with van der Waals surface area (Å²) in [4.78, 5) is 24.9. The maximum Gasteiger partial charge on any atom is 0.198 e. The van der Waals surface area contributed by atoms with Gasteiger partial charge in [0, 0.05) is 35.1 Å². The SMILES string of the molecule is Cc1cc(C2=CC(=O)c3cccc(O)c3C2=O)c(C)n1C. The molecule has 4 heteroatoms. The van der Waals surface area contributed by atoms with Crippen molar-refractivity contribution < 1.29 is 14.7 Å². The van der Waals surface area contributed by atoms with Crippen LogP contribution in [-0.2, 0) is 7.05 Å². The fourth-order valence-electron chi connectivity index (χ4n) is 2.72. The highest BCUT2D eigenvalue weighted by Crippen LogP contribution is 2.34. The molecule has 1 aromatic heterocycles. The molecule has 1 aromatic carbocycles. The summed E-state index contributed by atoms with van der Waals surface area (Å²) in [7, 11) is 1.91. The monoisotopic (exact) mass is 281 g/mol. The second kappa shape index (κ2) is 4.45. The summed E-state index contributed by atoms with van der Waals surface area (Å²) in [6, 6.07) is 6.44. The van der Waals surface area contributed by atoms with Gasteiger partial charge in [-0.3, -0.25) is 9.59 Å². The van der Waals surface area contributed by atoms with Crippen LogP contribution in [-0.4, -0.2) is 21.2 Å². The van der Waals surface area contributed by atoms with Crippen molar-refractivity contribution >= 4 is 17.1 Å². The highest BCUT2D eigenvalue weighted by molar-refractivity contribution is 6.39. The van der Waals surface area contributed by atoms with Gasteiger partial charge < -0.3 is 9.67 Å². The topological polar surface area (TPSA) is 59.3 Å². The fraction of sp³-hybridized carbons (Fsp3) is 0.176. The van der Waals surface area contributed by atoms with Gasteiger partial charge in [-0.15, -0.1) is 0 Å². The van der Waals surface area contributed by atoms with E-state index in [1.807, 2.05) is 31.5 Å². The predicted molar refractivity (Wildman–Crippen MR) is 79.6 cm³/mol. The lowest BCUT2D eigenvalue weighted by atomic mass is 9.85. The summed E-state index contributed by atoms with van der Waals surface area (Å²) in [5.41, 5.74) is 3.36. The zero-order chi connectivity index (χ0) is 15.3. The number of aromatic nitrogens is 1. The van der Waals surface area contributed by atoms with Crippen molar-refractivity contribution in [1.82, 2.24) is 4.57 Å². The van der Waals surface area contributed by atoms with Crippen LogP contribution in [0.1, 0.15) is 37.7 Å². The summed E-state index contributed by atoms with van der Waals surface area (Å²) in [6.45, 7) is 3.85. The maximum atomic E-state index is 12.7. The molecule has 21 heavy (non-hydrogen) atoms. The molecule has 0 amide bonds. The number of carbonyl (C=O) groups excluding carboxylic acids is 2. The number of hydrogen-bond acceptors (Lipinski definition) is 3. The Morgan fingerprint density at radius 3 is 2.43 bits per heavy atom. The summed E-state index contributed by atoms with van der Waals surface area (Å²) >= 11 is 0. The van der Waals surface area contributed by atoms with Crippen LogP contribution in [0.4, 0.5) is 0 Å². The number of carbonyl (C=O) groups is 2. The Bertz CT molecular complexity index is 825. The van der Waals surface area contributed by atoms with Gasteiger partial charge in [0.25, 0.3) is 0 Å². The van der Waals surface area contributed by atoms with Gasteiger partial charge in [-0.25, -0.2) is 0 Å². The molecular formula is C17H15NO3. The molecule has 0 aliphatic heterocycles. The van der Waals surface area contributed by atoms with Crippen LogP contribution in [0.15, 0.2) is 30.3 Å². The molecule has 0 saturated carbocycles. The number of benzene rings is 1. The predicted octanol–water partition coefficient (Wildman–Crippen LogP) is 2.81. The second-order valence-electron chi connectivity index (χ2n) is 5.29. The van der Waals surface area contributed by atoms with Crippen LogP contribution in [0.25, 0.3) is 5.57 Å². The lowest BCUT2D eigenvalue weighted by Crippen LogP contribution is -2.16. The second-order valence-corrected chi connectivity index (χ2v) is 5.29. The van der Waals surface area contributed by atoms with Crippen LogP contribution >= 0.6 is 0 Å². The van der Waals surface area contributed by atoms with Gasteiger partial charge in [-0.1, -0.05) is 12.1 Å². The summed E-state index contributed by atoms with van der Waals surface area (Å²) < 4.78 is 1.97. The number of nitrogens with zero attached hydrogens (tertiary/aromatic N) is 1. The molecular weight excluding hydrogens is 266 g/mol. The molecule has 0 atom stereocenters. The molecule has 106 valence electrons. The minimum atomic E-state index is -0.309. The van der Waals surface area contributed by atoms with Crippen LogP contribution in [0.3, 0.4) is 0 Å². The van der Waals surface area contributed by atoms with E-state index in [-0.39, 0.29) is 28.4 Å². The van der Waals surface area contributed by atoms with Crippen LogP contribution in [0.2, 0.25) is 0 Å². The lowest BCUT2D eigenvalue weighted by molar-refractivity contribution is 0.0999. The quantitative estimate of drug-likeness (QED) is 0.874. The van der Waals surface area contributed by atoms with Gasteiger partial charge in [0.05, 0.1) is 5.56 Å². The Balaban J connectivity index is 2.23. The van der Waals surface area contributed by atoms with Gasteiger partial charge >= 0.3 is 0 Å². The zero-order valence-electron chi connectivity index (χ0n) is 12.1. The number of phenols is 1. The maximum absolute atomic E-state index is 12.7. The number of aromatic hydroxyl groups is 1. The van der Waals surface area contributed by atoms with Gasteiger partial charge in [-0.2, -0.15) is 0 Å². The average Bonchev–Trinajstić information content (AvgIpc) is 2.70. The average molecular weight is 281 g/mol. The van der Waals surface area contributed by atoms with Gasteiger partial charge in [0.1, 0.15) is 5.75 Å². The standard InChI is InChI=1S/C17H15NO3/c1-9-7-12(10(2)18(9)3)13-8-15(20)11-5-4-6-14(19)16(11)17(13)21/h4-8,19H,1-3H3. The van der Waals surface area contributed by atoms with Gasteiger partial charge in [-0.05, 0) is 32.1 Å². The van der Waals surface area contributed by atoms with Crippen molar-refractivity contribution in [2.75, 3.05) is 0 Å². The largest absolute Gasteiger partial charge is 0.507 e. The molecule has 4 nitrogen and oxygen atoms in total. The van der Waals surface area contributed by atoms with Crippen molar-refractivity contribution in [2.24, 2.45) is 7.05 Å². The van der Waals surface area contributed by atoms with Crippen LogP contribution < -0.4 is 0 Å². The third-order valence-corrected chi connectivity index (χ3v) is 4.12. The van der Waals surface area contributed by atoms with E-state index in [0.29, 0.717) is 5.57 Å². The van der Waals surface area contributed by atoms with Crippen LogP contribution in [0.5, 0.6) is 5.75 Å². The van der Waals surface area contributed by atoms with Gasteiger partial charge in [0.2, 0.25) is 0 Å². The number of allylic oxidation sites excluding steroid dienone is 2. The van der Waals surface area contributed by atoms with Crippen molar-refractivity contribution in [1.29, 1.82) is 0 Å².